The van der Waals surface area contributed by atoms with Crippen molar-refractivity contribution in [3.05, 3.63) is 0 Å². The molecule has 1 heteroatoms. The maximum atomic E-state index is 3.75. The van der Waals surface area contributed by atoms with Gasteiger partial charge in [-0.05, 0) is 43.6 Å². The van der Waals surface area contributed by atoms with E-state index in [1.54, 1.807) is 0 Å². The summed E-state index contributed by atoms with van der Waals surface area (Å²) in [6, 6.07) is 0.775. The van der Waals surface area contributed by atoms with E-state index in [1.165, 1.54) is 51.4 Å². The van der Waals surface area contributed by atoms with Crippen molar-refractivity contribution in [3.8, 4) is 0 Å². The second-order valence-corrected chi connectivity index (χ2v) is 7.02. The quantitative estimate of drug-likeness (QED) is 0.682. The lowest BCUT2D eigenvalue weighted by atomic mass is 9.83. The average molecular weight is 239 g/mol. The molecule has 1 aliphatic rings. The Morgan fingerprint density at radius 3 is 2.12 bits per heavy atom. The van der Waals surface area contributed by atoms with Gasteiger partial charge in [0, 0.05) is 6.04 Å². The van der Waals surface area contributed by atoms with Gasteiger partial charge in [0.25, 0.3) is 0 Å². The molecule has 102 valence electrons. The molecule has 1 atom stereocenters. The van der Waals surface area contributed by atoms with Gasteiger partial charge in [-0.15, -0.1) is 0 Å². The molecule has 0 amide bonds. The summed E-state index contributed by atoms with van der Waals surface area (Å²) in [6.07, 6.45) is 11.5. The maximum absolute atomic E-state index is 3.75. The van der Waals surface area contributed by atoms with Crippen molar-refractivity contribution in [2.24, 2.45) is 11.3 Å². The molecule has 0 saturated heterocycles. The van der Waals surface area contributed by atoms with Crippen molar-refractivity contribution in [2.75, 3.05) is 6.54 Å². The molecule has 0 spiro atoms. The fourth-order valence-corrected chi connectivity index (χ4v) is 3.07. The van der Waals surface area contributed by atoms with Crippen LogP contribution < -0.4 is 5.32 Å². The van der Waals surface area contributed by atoms with Crippen molar-refractivity contribution >= 4 is 0 Å². The molecule has 17 heavy (non-hydrogen) atoms. The first-order chi connectivity index (χ1) is 8.03. The van der Waals surface area contributed by atoms with Crippen LogP contribution in [0.4, 0.5) is 0 Å². The zero-order valence-corrected chi connectivity index (χ0v) is 12.5. The highest BCUT2D eigenvalue weighted by Crippen LogP contribution is 2.30. The van der Waals surface area contributed by atoms with Crippen LogP contribution in [0.5, 0.6) is 0 Å². The lowest BCUT2D eigenvalue weighted by Gasteiger charge is -2.30. The van der Waals surface area contributed by atoms with Crippen LogP contribution >= 0.6 is 0 Å². The molecule has 0 aliphatic heterocycles. The van der Waals surface area contributed by atoms with Gasteiger partial charge in [-0.25, -0.2) is 0 Å². The second kappa shape index (κ2) is 7.41. The van der Waals surface area contributed by atoms with Gasteiger partial charge >= 0.3 is 0 Å². The molecule has 1 aliphatic carbocycles. The Hall–Kier alpha value is -0.0400. The largest absolute Gasteiger partial charge is 0.314 e. The zero-order valence-electron chi connectivity index (χ0n) is 12.5. The molecular formula is C16H33N. The van der Waals surface area contributed by atoms with Gasteiger partial charge in [0.15, 0.2) is 0 Å². The van der Waals surface area contributed by atoms with E-state index >= 15 is 0 Å². The summed E-state index contributed by atoms with van der Waals surface area (Å²) in [4.78, 5) is 0. The van der Waals surface area contributed by atoms with Gasteiger partial charge in [-0.2, -0.15) is 0 Å². The number of rotatable bonds is 5. The summed E-state index contributed by atoms with van der Waals surface area (Å²) in [5.41, 5.74) is 0.485. The van der Waals surface area contributed by atoms with Gasteiger partial charge < -0.3 is 5.32 Å². The van der Waals surface area contributed by atoms with Crippen LogP contribution in [0, 0.1) is 11.3 Å². The first kappa shape index (κ1) is 15.0. The van der Waals surface area contributed by atoms with Gasteiger partial charge in [0.1, 0.15) is 0 Å². The Morgan fingerprint density at radius 1 is 1.06 bits per heavy atom. The highest BCUT2D eigenvalue weighted by atomic mass is 14.9. The summed E-state index contributed by atoms with van der Waals surface area (Å²) in [6.45, 7) is 10.5. The van der Waals surface area contributed by atoms with Crippen molar-refractivity contribution in [2.45, 2.75) is 85.1 Å². The summed E-state index contributed by atoms with van der Waals surface area (Å²) in [5, 5.41) is 3.75. The lowest BCUT2D eigenvalue weighted by Crippen LogP contribution is -2.36. The number of hydrogen-bond donors (Lipinski definition) is 1. The predicted octanol–water partition coefficient (Wildman–Crippen LogP) is 4.76. The van der Waals surface area contributed by atoms with E-state index in [4.69, 9.17) is 0 Å². The topological polar surface area (TPSA) is 12.0 Å². The maximum Gasteiger partial charge on any atom is 0.00954 e. The van der Waals surface area contributed by atoms with Gasteiger partial charge in [-0.3, -0.25) is 0 Å². The molecule has 1 nitrogen and oxygen atoms in total. The third kappa shape index (κ3) is 6.45. The smallest absolute Gasteiger partial charge is 0.00954 e. The molecule has 0 aromatic rings. The van der Waals surface area contributed by atoms with Gasteiger partial charge in [-0.1, -0.05) is 53.4 Å². The van der Waals surface area contributed by atoms with Crippen molar-refractivity contribution in [3.63, 3.8) is 0 Å². The van der Waals surface area contributed by atoms with Gasteiger partial charge in [0.2, 0.25) is 0 Å². The van der Waals surface area contributed by atoms with Crippen molar-refractivity contribution in [1.82, 2.24) is 5.32 Å². The molecule has 1 saturated carbocycles. The zero-order chi connectivity index (χ0) is 12.7. The molecule has 0 heterocycles. The van der Waals surface area contributed by atoms with E-state index in [-0.39, 0.29) is 0 Å². The molecule has 1 rings (SSSR count). The van der Waals surface area contributed by atoms with E-state index in [1.807, 2.05) is 0 Å². The first-order valence-electron chi connectivity index (χ1n) is 7.76. The fourth-order valence-electron chi connectivity index (χ4n) is 3.07. The molecule has 1 fully saturated rings. The lowest BCUT2D eigenvalue weighted by molar-refractivity contribution is 0.262. The van der Waals surface area contributed by atoms with Crippen LogP contribution in [-0.4, -0.2) is 12.6 Å². The minimum atomic E-state index is 0.485. The van der Waals surface area contributed by atoms with Crippen LogP contribution in [0.2, 0.25) is 0 Å². The summed E-state index contributed by atoms with van der Waals surface area (Å²) in [7, 11) is 0. The third-order valence-electron chi connectivity index (χ3n) is 4.14. The molecule has 0 aromatic carbocycles. The summed E-state index contributed by atoms with van der Waals surface area (Å²) in [5.74, 6) is 0.944. The predicted molar refractivity (Wildman–Crippen MR) is 77.3 cm³/mol. The van der Waals surface area contributed by atoms with Gasteiger partial charge in [0.05, 0.1) is 0 Å². The van der Waals surface area contributed by atoms with Crippen LogP contribution in [0.25, 0.3) is 0 Å². The molecule has 1 N–H and O–H groups in total. The highest BCUT2D eigenvalue weighted by Gasteiger charge is 2.23. The van der Waals surface area contributed by atoms with E-state index in [2.05, 4.69) is 33.0 Å². The number of nitrogens with one attached hydrogen (secondary N) is 1. The third-order valence-corrected chi connectivity index (χ3v) is 4.14. The highest BCUT2D eigenvalue weighted by molar-refractivity contribution is 4.80. The molecule has 1 unspecified atom stereocenters. The Kier molecular flexibility index (Phi) is 6.54. The standard InChI is InChI=1S/C16H33N/c1-5-17-15(12-13-16(2,3)4)14-10-8-6-7-9-11-14/h14-15,17H,5-13H2,1-4H3. The first-order valence-corrected chi connectivity index (χ1v) is 7.76. The summed E-state index contributed by atoms with van der Waals surface area (Å²) < 4.78 is 0. The average Bonchev–Trinajstić information content (AvgIpc) is 2.51. The minimum Gasteiger partial charge on any atom is -0.314 e. The SMILES string of the molecule is CCNC(CCC(C)(C)C)C1CCCCCC1. The minimum absolute atomic E-state index is 0.485. The Labute approximate surface area is 109 Å². The normalized spacial score (nSPS) is 21.2. The van der Waals surface area contributed by atoms with Crippen molar-refractivity contribution < 1.29 is 0 Å². The second-order valence-electron chi connectivity index (χ2n) is 7.02. The van der Waals surface area contributed by atoms with Crippen LogP contribution in [0.15, 0.2) is 0 Å². The molecule has 0 radical (unpaired) electrons. The monoisotopic (exact) mass is 239 g/mol. The summed E-state index contributed by atoms with van der Waals surface area (Å²) >= 11 is 0. The van der Waals surface area contributed by atoms with Crippen LogP contribution in [0.1, 0.15) is 79.1 Å². The van der Waals surface area contributed by atoms with Crippen LogP contribution in [0.3, 0.4) is 0 Å². The Morgan fingerprint density at radius 2 is 1.65 bits per heavy atom. The van der Waals surface area contributed by atoms with Crippen LogP contribution in [-0.2, 0) is 0 Å². The Balaban J connectivity index is 2.44. The fraction of sp³-hybridized carbons (Fsp3) is 1.00. The number of hydrogen-bond acceptors (Lipinski definition) is 1. The molecule has 0 bridgehead atoms. The molecular weight excluding hydrogens is 206 g/mol. The van der Waals surface area contributed by atoms with E-state index in [0.717, 1.165) is 18.5 Å². The molecule has 0 aromatic heterocycles. The van der Waals surface area contributed by atoms with E-state index in [0.29, 0.717) is 5.41 Å². The Bertz CT molecular complexity index is 184. The van der Waals surface area contributed by atoms with Crippen molar-refractivity contribution in [1.29, 1.82) is 0 Å². The van der Waals surface area contributed by atoms with E-state index < -0.39 is 0 Å². The van der Waals surface area contributed by atoms with E-state index in [9.17, 15) is 0 Å².